The van der Waals surface area contributed by atoms with Gasteiger partial charge in [-0.3, -0.25) is 0 Å². The highest BCUT2D eigenvalue weighted by molar-refractivity contribution is 7.89. The predicted octanol–water partition coefficient (Wildman–Crippen LogP) is 2.03. The van der Waals surface area contributed by atoms with E-state index in [0.29, 0.717) is 18.9 Å². The highest BCUT2D eigenvalue weighted by Gasteiger charge is 2.40. The fourth-order valence-corrected chi connectivity index (χ4v) is 4.10. The molecule has 7 heteroatoms. The molecule has 0 aromatic heterocycles. The fraction of sp³-hybridized carbons (Fsp3) is 0.600. The van der Waals surface area contributed by atoms with E-state index in [9.17, 15) is 12.8 Å². The average molecular weight is 331 g/mol. The summed E-state index contributed by atoms with van der Waals surface area (Å²) < 4.78 is 50.2. The zero-order valence-electron chi connectivity index (χ0n) is 13.1. The van der Waals surface area contributed by atoms with E-state index in [1.807, 2.05) is 20.8 Å². The molecule has 0 bridgehead atoms. The van der Waals surface area contributed by atoms with Gasteiger partial charge in [-0.05, 0) is 45.0 Å². The lowest BCUT2D eigenvalue weighted by Gasteiger charge is -2.43. The summed E-state index contributed by atoms with van der Waals surface area (Å²) in [6, 6.07) is 5.50. The molecule has 1 aromatic carbocycles. The van der Waals surface area contributed by atoms with Crippen LogP contribution in [0.25, 0.3) is 0 Å². The number of morpholine rings is 1. The lowest BCUT2D eigenvalue weighted by Crippen LogP contribution is -2.58. The van der Waals surface area contributed by atoms with Crippen molar-refractivity contribution in [2.45, 2.75) is 32.4 Å². The molecule has 1 unspecified atom stereocenters. The van der Waals surface area contributed by atoms with Crippen LogP contribution in [0.1, 0.15) is 20.8 Å². The normalized spacial score (nSPS) is 22.5. The maximum absolute atomic E-state index is 12.8. The van der Waals surface area contributed by atoms with Crippen LogP contribution in [-0.4, -0.2) is 49.9 Å². The molecule has 22 heavy (non-hydrogen) atoms. The quantitative estimate of drug-likeness (QED) is 0.828. The zero-order chi connectivity index (χ0) is 16.4. The Bertz CT molecular complexity index is 600. The van der Waals surface area contributed by atoms with Gasteiger partial charge in [0.15, 0.2) is 0 Å². The van der Waals surface area contributed by atoms with Gasteiger partial charge in [-0.15, -0.1) is 0 Å². The first kappa shape index (κ1) is 17.2. The molecule has 0 aliphatic carbocycles. The number of halogens is 1. The van der Waals surface area contributed by atoms with Gasteiger partial charge >= 0.3 is 0 Å². The second-order valence-electron chi connectivity index (χ2n) is 6.08. The van der Waals surface area contributed by atoms with Crippen LogP contribution in [0.2, 0.25) is 0 Å². The lowest BCUT2D eigenvalue weighted by atomic mass is 10.1. The second-order valence-corrected chi connectivity index (χ2v) is 8.10. The van der Waals surface area contributed by atoms with E-state index in [4.69, 9.17) is 9.47 Å². The maximum Gasteiger partial charge on any atom is 0.218 e. The molecule has 1 aliphatic rings. The molecule has 5 nitrogen and oxygen atoms in total. The van der Waals surface area contributed by atoms with Crippen molar-refractivity contribution in [3.05, 3.63) is 30.1 Å². The second kappa shape index (κ2) is 6.52. The van der Waals surface area contributed by atoms with E-state index < -0.39 is 15.6 Å². The van der Waals surface area contributed by atoms with Crippen molar-refractivity contribution in [1.29, 1.82) is 0 Å². The highest BCUT2D eigenvalue weighted by atomic mass is 32.2. The number of hydrogen-bond acceptors (Lipinski definition) is 4. The van der Waals surface area contributed by atoms with Crippen LogP contribution in [0.3, 0.4) is 0 Å². The van der Waals surface area contributed by atoms with Crippen molar-refractivity contribution < 1.29 is 22.3 Å². The molecule has 1 atom stereocenters. The molecular formula is C15H22FNO4S. The molecule has 0 amide bonds. The van der Waals surface area contributed by atoms with Gasteiger partial charge in [-0.25, -0.2) is 12.8 Å². The summed E-state index contributed by atoms with van der Waals surface area (Å²) in [6.45, 7) is 6.27. The summed E-state index contributed by atoms with van der Waals surface area (Å²) >= 11 is 0. The molecule has 1 fully saturated rings. The fourth-order valence-electron chi connectivity index (χ4n) is 2.35. The number of ether oxygens (including phenoxy) is 2. The van der Waals surface area contributed by atoms with Gasteiger partial charge in [-0.1, -0.05) is 0 Å². The van der Waals surface area contributed by atoms with Gasteiger partial charge in [0.2, 0.25) is 10.0 Å². The average Bonchev–Trinajstić information content (AvgIpc) is 2.43. The van der Waals surface area contributed by atoms with Crippen LogP contribution in [-0.2, 0) is 14.8 Å². The molecule has 1 aliphatic heterocycles. The van der Waals surface area contributed by atoms with E-state index in [1.54, 1.807) is 0 Å². The van der Waals surface area contributed by atoms with Crippen molar-refractivity contribution in [2.24, 2.45) is 0 Å². The topological polar surface area (TPSA) is 55.8 Å². The summed E-state index contributed by atoms with van der Waals surface area (Å²) in [6.07, 6.45) is -0.124. The molecular weight excluding hydrogens is 309 g/mol. The summed E-state index contributed by atoms with van der Waals surface area (Å²) in [7, 11) is -3.45. The molecule has 0 radical (unpaired) electrons. The van der Waals surface area contributed by atoms with Crippen LogP contribution in [0.4, 0.5) is 4.39 Å². The van der Waals surface area contributed by atoms with Crippen molar-refractivity contribution in [1.82, 2.24) is 4.31 Å². The molecule has 0 spiro atoms. The van der Waals surface area contributed by atoms with Gasteiger partial charge in [0.05, 0.1) is 24.0 Å². The Morgan fingerprint density at radius 3 is 2.64 bits per heavy atom. The van der Waals surface area contributed by atoms with Gasteiger partial charge in [0.25, 0.3) is 0 Å². The number of nitrogens with zero attached hydrogens (tertiary/aromatic N) is 1. The molecule has 1 heterocycles. The van der Waals surface area contributed by atoms with E-state index >= 15 is 0 Å². The Hall–Kier alpha value is -1.18. The van der Waals surface area contributed by atoms with Crippen molar-refractivity contribution >= 4 is 10.0 Å². The van der Waals surface area contributed by atoms with Crippen LogP contribution in [0.5, 0.6) is 5.75 Å². The summed E-state index contributed by atoms with van der Waals surface area (Å²) in [4.78, 5) is 0. The standard InChI is InChI=1S/C15H22FNO4S/c1-12-10-17(15(2,3)11-21-12)22(18,19)9-8-20-14-6-4-13(16)5-7-14/h4-7,12H,8-11H2,1-3H3. The largest absolute Gasteiger partial charge is 0.492 e. The van der Waals surface area contributed by atoms with Gasteiger partial charge in [0.1, 0.15) is 18.2 Å². The van der Waals surface area contributed by atoms with Crippen LogP contribution in [0.15, 0.2) is 24.3 Å². The lowest BCUT2D eigenvalue weighted by molar-refractivity contribution is -0.0551. The number of sulfonamides is 1. The molecule has 1 aromatic rings. The minimum atomic E-state index is -3.45. The number of hydrogen-bond donors (Lipinski definition) is 0. The first-order valence-electron chi connectivity index (χ1n) is 7.21. The Labute approximate surface area is 131 Å². The maximum atomic E-state index is 12.8. The van der Waals surface area contributed by atoms with Crippen LogP contribution >= 0.6 is 0 Å². The van der Waals surface area contributed by atoms with E-state index in [1.165, 1.54) is 28.6 Å². The highest BCUT2D eigenvalue weighted by Crippen LogP contribution is 2.25. The first-order chi connectivity index (χ1) is 10.2. The number of rotatable bonds is 5. The van der Waals surface area contributed by atoms with Crippen molar-refractivity contribution in [3.63, 3.8) is 0 Å². The minimum Gasteiger partial charge on any atom is -0.492 e. The molecule has 0 saturated carbocycles. The Balaban J connectivity index is 1.96. The number of benzene rings is 1. The third kappa shape index (κ3) is 4.18. The minimum absolute atomic E-state index is 0.0236. The Kier molecular flexibility index (Phi) is 5.09. The predicted molar refractivity (Wildman–Crippen MR) is 81.9 cm³/mol. The summed E-state index contributed by atoms with van der Waals surface area (Å²) in [5, 5.41) is 0. The van der Waals surface area contributed by atoms with E-state index in [2.05, 4.69) is 0 Å². The smallest absolute Gasteiger partial charge is 0.218 e. The third-order valence-electron chi connectivity index (χ3n) is 3.58. The van der Waals surface area contributed by atoms with Crippen molar-refractivity contribution in [3.8, 4) is 5.75 Å². The molecule has 0 N–H and O–H groups in total. The van der Waals surface area contributed by atoms with Crippen LogP contribution in [0, 0.1) is 5.82 Å². The Morgan fingerprint density at radius 2 is 2.00 bits per heavy atom. The molecule has 2 rings (SSSR count). The van der Waals surface area contributed by atoms with E-state index in [-0.39, 0.29) is 24.3 Å². The van der Waals surface area contributed by atoms with Gasteiger partial charge in [-0.2, -0.15) is 4.31 Å². The molecule has 1 saturated heterocycles. The monoisotopic (exact) mass is 331 g/mol. The van der Waals surface area contributed by atoms with E-state index in [0.717, 1.165) is 0 Å². The first-order valence-corrected chi connectivity index (χ1v) is 8.82. The third-order valence-corrected chi connectivity index (χ3v) is 5.58. The molecule has 124 valence electrons. The van der Waals surface area contributed by atoms with Gasteiger partial charge in [0, 0.05) is 6.54 Å². The van der Waals surface area contributed by atoms with Crippen LogP contribution < -0.4 is 4.74 Å². The van der Waals surface area contributed by atoms with Gasteiger partial charge < -0.3 is 9.47 Å². The van der Waals surface area contributed by atoms with Crippen molar-refractivity contribution in [2.75, 3.05) is 25.5 Å². The SMILES string of the molecule is CC1CN(S(=O)(=O)CCOc2ccc(F)cc2)C(C)(C)CO1. The summed E-state index contributed by atoms with van der Waals surface area (Å²) in [5.74, 6) is -0.0317. The Morgan fingerprint density at radius 1 is 1.36 bits per heavy atom. The summed E-state index contributed by atoms with van der Waals surface area (Å²) in [5.41, 5.74) is -0.568. The zero-order valence-corrected chi connectivity index (χ0v) is 13.9.